The Morgan fingerprint density at radius 2 is 1.82 bits per heavy atom. The van der Waals surface area contributed by atoms with Crippen LogP contribution in [0.25, 0.3) is 0 Å². The summed E-state index contributed by atoms with van der Waals surface area (Å²) < 4.78 is 0. The molecular weight excluding hydrogens is 352 g/mol. The van der Waals surface area contributed by atoms with E-state index in [0.717, 1.165) is 31.2 Å². The van der Waals surface area contributed by atoms with Gasteiger partial charge in [-0.25, -0.2) is 0 Å². The lowest BCUT2D eigenvalue weighted by atomic mass is 9.82. The molecule has 6 nitrogen and oxygen atoms in total. The van der Waals surface area contributed by atoms with E-state index in [-0.39, 0.29) is 29.9 Å². The Kier molecular flexibility index (Phi) is 5.67. The molecule has 146 valence electrons. The smallest absolute Gasteiger partial charge is 0.254 e. The molecule has 1 saturated heterocycles. The molecule has 2 fully saturated rings. The molecule has 1 aromatic carbocycles. The van der Waals surface area contributed by atoms with Gasteiger partial charge in [-0.1, -0.05) is 43.2 Å². The van der Waals surface area contributed by atoms with Crippen molar-refractivity contribution in [2.75, 3.05) is 6.54 Å². The SMILES string of the molecule is O=C1NC(CN(Cc2ccccc2)C(=O)c2ccncc2)NC2CCCCC12. The molecule has 0 radical (unpaired) electrons. The number of nitrogens with zero attached hydrogens (tertiary/aromatic N) is 2. The van der Waals surface area contributed by atoms with E-state index in [2.05, 4.69) is 15.6 Å². The molecule has 2 heterocycles. The summed E-state index contributed by atoms with van der Waals surface area (Å²) in [4.78, 5) is 31.5. The van der Waals surface area contributed by atoms with Crippen LogP contribution in [0.4, 0.5) is 0 Å². The first-order valence-electron chi connectivity index (χ1n) is 10.0. The van der Waals surface area contributed by atoms with Crippen molar-refractivity contribution in [1.82, 2.24) is 20.5 Å². The van der Waals surface area contributed by atoms with E-state index in [9.17, 15) is 9.59 Å². The quantitative estimate of drug-likeness (QED) is 0.837. The van der Waals surface area contributed by atoms with Gasteiger partial charge in [0.25, 0.3) is 5.91 Å². The van der Waals surface area contributed by atoms with Crippen molar-refractivity contribution >= 4 is 11.8 Å². The van der Waals surface area contributed by atoms with Gasteiger partial charge in [0.2, 0.25) is 5.91 Å². The van der Waals surface area contributed by atoms with Crippen LogP contribution in [0.5, 0.6) is 0 Å². The van der Waals surface area contributed by atoms with Crippen molar-refractivity contribution in [3.63, 3.8) is 0 Å². The number of hydrogen-bond acceptors (Lipinski definition) is 4. The van der Waals surface area contributed by atoms with Gasteiger partial charge in [0.1, 0.15) is 0 Å². The van der Waals surface area contributed by atoms with Gasteiger partial charge in [0.05, 0.1) is 18.6 Å². The summed E-state index contributed by atoms with van der Waals surface area (Å²) in [5, 5.41) is 6.65. The molecule has 0 spiro atoms. The van der Waals surface area contributed by atoms with Crippen LogP contribution in [-0.2, 0) is 11.3 Å². The lowest BCUT2D eigenvalue weighted by molar-refractivity contribution is -0.131. The second-order valence-electron chi connectivity index (χ2n) is 7.63. The van der Waals surface area contributed by atoms with Crippen LogP contribution in [0.15, 0.2) is 54.9 Å². The average Bonchev–Trinajstić information content (AvgIpc) is 2.74. The molecule has 4 rings (SSSR count). The minimum Gasteiger partial charge on any atom is -0.339 e. The van der Waals surface area contributed by atoms with E-state index >= 15 is 0 Å². The van der Waals surface area contributed by atoms with Gasteiger partial charge in [-0.2, -0.15) is 0 Å². The van der Waals surface area contributed by atoms with Crippen molar-refractivity contribution in [3.8, 4) is 0 Å². The van der Waals surface area contributed by atoms with Crippen molar-refractivity contribution in [2.24, 2.45) is 5.92 Å². The van der Waals surface area contributed by atoms with Gasteiger partial charge in [-0.3, -0.25) is 19.9 Å². The first kappa shape index (κ1) is 18.6. The minimum atomic E-state index is -0.235. The predicted molar refractivity (Wildman–Crippen MR) is 106 cm³/mol. The third-order valence-corrected chi connectivity index (χ3v) is 5.67. The van der Waals surface area contributed by atoms with E-state index in [4.69, 9.17) is 0 Å². The van der Waals surface area contributed by atoms with E-state index < -0.39 is 0 Å². The summed E-state index contributed by atoms with van der Waals surface area (Å²) in [6, 6.07) is 13.6. The molecule has 3 atom stereocenters. The Balaban J connectivity index is 1.51. The molecule has 1 aliphatic heterocycles. The number of fused-ring (bicyclic) bond motifs is 1. The number of rotatable bonds is 5. The monoisotopic (exact) mass is 378 g/mol. The zero-order valence-electron chi connectivity index (χ0n) is 15.9. The number of aromatic nitrogens is 1. The van der Waals surface area contributed by atoms with E-state index in [1.165, 1.54) is 0 Å². The predicted octanol–water partition coefficient (Wildman–Crippen LogP) is 2.33. The minimum absolute atomic E-state index is 0.0588. The fourth-order valence-corrected chi connectivity index (χ4v) is 4.24. The molecule has 1 aliphatic carbocycles. The van der Waals surface area contributed by atoms with Crippen molar-refractivity contribution in [1.29, 1.82) is 0 Å². The van der Waals surface area contributed by atoms with Crippen LogP contribution in [0, 0.1) is 5.92 Å². The van der Waals surface area contributed by atoms with Gasteiger partial charge in [-0.05, 0) is 30.5 Å². The Morgan fingerprint density at radius 1 is 1.07 bits per heavy atom. The summed E-state index contributed by atoms with van der Waals surface area (Å²) in [6.45, 7) is 0.912. The van der Waals surface area contributed by atoms with Gasteiger partial charge in [0, 0.05) is 30.5 Å². The molecule has 28 heavy (non-hydrogen) atoms. The number of benzene rings is 1. The second-order valence-corrected chi connectivity index (χ2v) is 7.63. The highest BCUT2D eigenvalue weighted by atomic mass is 16.2. The van der Waals surface area contributed by atoms with Gasteiger partial charge in [-0.15, -0.1) is 0 Å². The molecule has 2 aliphatic rings. The molecule has 2 N–H and O–H groups in total. The first-order chi connectivity index (χ1) is 13.7. The maximum Gasteiger partial charge on any atom is 0.254 e. The lowest BCUT2D eigenvalue weighted by Crippen LogP contribution is -2.65. The average molecular weight is 378 g/mol. The highest BCUT2D eigenvalue weighted by Crippen LogP contribution is 2.27. The number of amides is 2. The highest BCUT2D eigenvalue weighted by Gasteiger charge is 2.38. The number of carbonyl (C=O) groups excluding carboxylic acids is 2. The van der Waals surface area contributed by atoms with E-state index in [1.807, 2.05) is 30.3 Å². The highest BCUT2D eigenvalue weighted by molar-refractivity contribution is 5.94. The fourth-order valence-electron chi connectivity index (χ4n) is 4.24. The van der Waals surface area contributed by atoms with Crippen LogP contribution >= 0.6 is 0 Å². The van der Waals surface area contributed by atoms with Gasteiger partial charge < -0.3 is 10.2 Å². The fraction of sp³-hybridized carbons (Fsp3) is 0.409. The third kappa shape index (κ3) is 4.22. The maximum absolute atomic E-state index is 13.1. The number of carbonyl (C=O) groups is 2. The van der Waals surface area contributed by atoms with Crippen LogP contribution < -0.4 is 10.6 Å². The van der Waals surface area contributed by atoms with E-state index in [1.54, 1.807) is 29.4 Å². The zero-order valence-corrected chi connectivity index (χ0v) is 15.9. The normalized spacial score (nSPS) is 24.1. The summed E-state index contributed by atoms with van der Waals surface area (Å²) >= 11 is 0. The van der Waals surface area contributed by atoms with Crippen LogP contribution in [0.3, 0.4) is 0 Å². The Morgan fingerprint density at radius 3 is 2.61 bits per heavy atom. The topological polar surface area (TPSA) is 74.3 Å². The van der Waals surface area contributed by atoms with Crippen molar-refractivity contribution < 1.29 is 9.59 Å². The molecule has 1 saturated carbocycles. The molecule has 2 amide bonds. The molecule has 3 unspecified atom stereocenters. The second kappa shape index (κ2) is 8.52. The molecule has 6 heteroatoms. The Labute approximate surface area is 165 Å². The van der Waals surface area contributed by atoms with Crippen molar-refractivity contribution in [2.45, 2.75) is 44.4 Å². The molecule has 2 aromatic rings. The molecule has 0 bridgehead atoms. The standard InChI is InChI=1S/C22H26N4O2/c27-21-18-8-4-5-9-19(18)24-20(25-21)15-26(14-16-6-2-1-3-7-16)22(28)17-10-12-23-13-11-17/h1-3,6-7,10-13,18-20,24H,4-5,8-9,14-15H2,(H,25,27). The third-order valence-electron chi connectivity index (χ3n) is 5.67. The summed E-state index contributed by atoms with van der Waals surface area (Å²) in [6.07, 6.45) is 7.24. The van der Waals surface area contributed by atoms with Crippen LogP contribution in [0.2, 0.25) is 0 Å². The molecular formula is C22H26N4O2. The van der Waals surface area contributed by atoms with Gasteiger partial charge >= 0.3 is 0 Å². The zero-order chi connectivity index (χ0) is 19.3. The number of nitrogens with one attached hydrogen (secondary N) is 2. The number of hydrogen-bond donors (Lipinski definition) is 2. The first-order valence-corrected chi connectivity index (χ1v) is 10.0. The lowest BCUT2D eigenvalue weighted by Gasteiger charge is -2.41. The van der Waals surface area contributed by atoms with Crippen molar-refractivity contribution in [3.05, 3.63) is 66.0 Å². The van der Waals surface area contributed by atoms with Gasteiger partial charge in [0.15, 0.2) is 0 Å². The molecule has 1 aromatic heterocycles. The van der Waals surface area contributed by atoms with Crippen LogP contribution in [0.1, 0.15) is 41.6 Å². The largest absolute Gasteiger partial charge is 0.339 e. The number of pyridine rings is 1. The summed E-state index contributed by atoms with van der Waals surface area (Å²) in [7, 11) is 0. The van der Waals surface area contributed by atoms with E-state index in [0.29, 0.717) is 18.7 Å². The Hall–Kier alpha value is -2.73. The summed E-state index contributed by atoms with van der Waals surface area (Å²) in [5.41, 5.74) is 1.66. The summed E-state index contributed by atoms with van der Waals surface area (Å²) in [5.74, 6) is 0.112. The maximum atomic E-state index is 13.1. The van der Waals surface area contributed by atoms with Crippen LogP contribution in [-0.4, -0.2) is 40.5 Å². The Bertz CT molecular complexity index is 812.